The Kier molecular flexibility index (Phi) is 5.08. The van der Waals surface area contributed by atoms with E-state index in [1.807, 2.05) is 43.3 Å². The zero-order valence-corrected chi connectivity index (χ0v) is 14.3. The van der Waals surface area contributed by atoms with Gasteiger partial charge in [-0.1, -0.05) is 31.2 Å². The van der Waals surface area contributed by atoms with Crippen LogP contribution < -0.4 is 10.2 Å². The van der Waals surface area contributed by atoms with Crippen molar-refractivity contribution in [3.8, 4) is 0 Å². The molecule has 1 aliphatic heterocycles. The molecule has 1 aliphatic rings. The maximum absolute atomic E-state index is 12.2. The number of carbonyl (C=O) groups is 1. The SMILES string of the molecule is Cc1ccccc1CC(=O)Nc1ccc(N2CCCC(C)C2)nn1. The molecule has 24 heavy (non-hydrogen) atoms. The lowest BCUT2D eigenvalue weighted by Gasteiger charge is -2.31. The van der Waals surface area contributed by atoms with Crippen LogP contribution in [-0.2, 0) is 11.2 Å². The summed E-state index contributed by atoms with van der Waals surface area (Å²) in [5.41, 5.74) is 2.15. The van der Waals surface area contributed by atoms with E-state index >= 15 is 0 Å². The fourth-order valence-electron chi connectivity index (χ4n) is 3.13. The van der Waals surface area contributed by atoms with Crippen LogP contribution in [0.15, 0.2) is 36.4 Å². The number of piperidine rings is 1. The molecule has 0 aliphatic carbocycles. The summed E-state index contributed by atoms with van der Waals surface area (Å²) in [7, 11) is 0. The summed E-state index contributed by atoms with van der Waals surface area (Å²) in [6.07, 6.45) is 2.81. The van der Waals surface area contributed by atoms with Gasteiger partial charge >= 0.3 is 0 Å². The number of aromatic nitrogens is 2. The minimum atomic E-state index is -0.0713. The Morgan fingerprint density at radius 1 is 1.25 bits per heavy atom. The summed E-state index contributed by atoms with van der Waals surface area (Å²) in [4.78, 5) is 14.4. The third-order valence-electron chi connectivity index (χ3n) is 4.51. The number of hydrogen-bond acceptors (Lipinski definition) is 4. The third kappa shape index (κ3) is 4.10. The molecule has 126 valence electrons. The van der Waals surface area contributed by atoms with Gasteiger partial charge in [-0.15, -0.1) is 10.2 Å². The van der Waals surface area contributed by atoms with Gasteiger partial charge in [-0.25, -0.2) is 0 Å². The molecule has 1 aromatic carbocycles. The summed E-state index contributed by atoms with van der Waals surface area (Å²) in [5.74, 6) is 2.01. The fraction of sp³-hybridized carbons (Fsp3) is 0.421. The van der Waals surface area contributed by atoms with E-state index in [9.17, 15) is 4.79 Å². The van der Waals surface area contributed by atoms with Gasteiger partial charge < -0.3 is 10.2 Å². The highest BCUT2D eigenvalue weighted by atomic mass is 16.1. The summed E-state index contributed by atoms with van der Waals surface area (Å²) in [5, 5.41) is 11.3. The van der Waals surface area contributed by atoms with Crippen molar-refractivity contribution in [2.24, 2.45) is 5.92 Å². The second kappa shape index (κ2) is 7.43. The molecule has 1 atom stereocenters. The van der Waals surface area contributed by atoms with Gasteiger partial charge in [0.2, 0.25) is 5.91 Å². The summed E-state index contributed by atoms with van der Waals surface area (Å²) < 4.78 is 0. The van der Waals surface area contributed by atoms with Crippen molar-refractivity contribution in [2.75, 3.05) is 23.3 Å². The molecule has 1 unspecified atom stereocenters. The Labute approximate surface area is 143 Å². The quantitative estimate of drug-likeness (QED) is 0.938. The number of carbonyl (C=O) groups excluding carboxylic acids is 1. The van der Waals surface area contributed by atoms with Crippen LogP contribution >= 0.6 is 0 Å². The smallest absolute Gasteiger partial charge is 0.230 e. The molecule has 0 saturated carbocycles. The normalized spacial score (nSPS) is 17.6. The molecule has 0 spiro atoms. The highest BCUT2D eigenvalue weighted by Crippen LogP contribution is 2.21. The van der Waals surface area contributed by atoms with E-state index in [-0.39, 0.29) is 5.91 Å². The summed E-state index contributed by atoms with van der Waals surface area (Å²) in [6.45, 7) is 6.32. The first-order valence-corrected chi connectivity index (χ1v) is 8.55. The molecule has 5 heteroatoms. The van der Waals surface area contributed by atoms with Crippen molar-refractivity contribution >= 4 is 17.5 Å². The van der Waals surface area contributed by atoms with E-state index in [4.69, 9.17) is 0 Å². The zero-order chi connectivity index (χ0) is 16.9. The Morgan fingerprint density at radius 2 is 2.08 bits per heavy atom. The number of anilines is 2. The van der Waals surface area contributed by atoms with E-state index in [2.05, 4.69) is 27.3 Å². The first kappa shape index (κ1) is 16.4. The van der Waals surface area contributed by atoms with Gasteiger partial charge in [-0.2, -0.15) is 0 Å². The largest absolute Gasteiger partial charge is 0.355 e. The van der Waals surface area contributed by atoms with Crippen molar-refractivity contribution in [3.63, 3.8) is 0 Å². The predicted molar refractivity (Wildman–Crippen MR) is 96.2 cm³/mol. The first-order valence-electron chi connectivity index (χ1n) is 8.55. The Bertz CT molecular complexity index is 699. The Morgan fingerprint density at radius 3 is 2.79 bits per heavy atom. The van der Waals surface area contributed by atoms with E-state index in [0.717, 1.165) is 30.0 Å². The van der Waals surface area contributed by atoms with Gasteiger partial charge in [-0.05, 0) is 48.9 Å². The predicted octanol–water partition coefficient (Wildman–Crippen LogP) is 3.20. The molecule has 2 aromatic rings. The van der Waals surface area contributed by atoms with Crippen LogP contribution in [0.25, 0.3) is 0 Å². The van der Waals surface area contributed by atoms with Crippen molar-refractivity contribution < 1.29 is 4.79 Å². The molecule has 1 N–H and O–H groups in total. The minimum absolute atomic E-state index is 0.0713. The van der Waals surface area contributed by atoms with Crippen LogP contribution in [0.5, 0.6) is 0 Å². The van der Waals surface area contributed by atoms with Crippen LogP contribution in [-0.4, -0.2) is 29.2 Å². The van der Waals surface area contributed by atoms with Crippen LogP contribution in [0.4, 0.5) is 11.6 Å². The molecular weight excluding hydrogens is 300 g/mol. The molecule has 0 radical (unpaired) electrons. The van der Waals surface area contributed by atoms with Crippen molar-refractivity contribution in [3.05, 3.63) is 47.5 Å². The number of rotatable bonds is 4. The lowest BCUT2D eigenvalue weighted by atomic mass is 10.0. The monoisotopic (exact) mass is 324 g/mol. The lowest BCUT2D eigenvalue weighted by molar-refractivity contribution is -0.115. The number of nitrogens with zero attached hydrogens (tertiary/aromatic N) is 3. The Balaban J connectivity index is 1.59. The van der Waals surface area contributed by atoms with Gasteiger partial charge in [0.1, 0.15) is 0 Å². The van der Waals surface area contributed by atoms with Gasteiger partial charge in [0, 0.05) is 13.1 Å². The second-order valence-electron chi connectivity index (χ2n) is 6.62. The van der Waals surface area contributed by atoms with Gasteiger partial charge in [0.15, 0.2) is 11.6 Å². The number of aryl methyl sites for hydroxylation is 1. The van der Waals surface area contributed by atoms with Crippen LogP contribution in [0.3, 0.4) is 0 Å². The van der Waals surface area contributed by atoms with E-state index in [1.165, 1.54) is 12.8 Å². The minimum Gasteiger partial charge on any atom is -0.355 e. The van der Waals surface area contributed by atoms with E-state index in [0.29, 0.717) is 18.2 Å². The molecule has 1 amide bonds. The van der Waals surface area contributed by atoms with Gasteiger partial charge in [0.25, 0.3) is 0 Å². The molecule has 2 heterocycles. The number of nitrogens with one attached hydrogen (secondary N) is 1. The molecule has 1 saturated heterocycles. The molecule has 3 rings (SSSR count). The molecular formula is C19H24N4O. The Hall–Kier alpha value is -2.43. The van der Waals surface area contributed by atoms with Gasteiger partial charge in [0.05, 0.1) is 6.42 Å². The highest BCUT2D eigenvalue weighted by Gasteiger charge is 2.18. The number of benzene rings is 1. The average molecular weight is 324 g/mol. The molecule has 1 fully saturated rings. The number of hydrogen-bond donors (Lipinski definition) is 1. The molecule has 5 nitrogen and oxygen atoms in total. The molecule has 0 bridgehead atoms. The standard InChI is InChI=1S/C19H24N4O/c1-14-6-5-11-23(13-14)18-10-9-17(21-22-18)20-19(24)12-16-8-4-3-7-15(16)2/h3-4,7-10,14H,5-6,11-13H2,1-2H3,(H,20,21,24). The lowest BCUT2D eigenvalue weighted by Crippen LogP contribution is -2.34. The van der Waals surface area contributed by atoms with E-state index in [1.54, 1.807) is 0 Å². The maximum atomic E-state index is 12.2. The molecule has 1 aromatic heterocycles. The van der Waals surface area contributed by atoms with Crippen LogP contribution in [0.1, 0.15) is 30.9 Å². The fourth-order valence-corrected chi connectivity index (χ4v) is 3.13. The average Bonchev–Trinajstić information content (AvgIpc) is 2.58. The maximum Gasteiger partial charge on any atom is 0.230 e. The van der Waals surface area contributed by atoms with Crippen molar-refractivity contribution in [1.82, 2.24) is 10.2 Å². The first-order chi connectivity index (χ1) is 11.6. The van der Waals surface area contributed by atoms with Crippen LogP contribution in [0.2, 0.25) is 0 Å². The third-order valence-corrected chi connectivity index (χ3v) is 4.51. The summed E-state index contributed by atoms with van der Waals surface area (Å²) in [6, 6.07) is 11.7. The second-order valence-corrected chi connectivity index (χ2v) is 6.62. The van der Waals surface area contributed by atoms with E-state index < -0.39 is 0 Å². The zero-order valence-electron chi connectivity index (χ0n) is 14.3. The topological polar surface area (TPSA) is 58.1 Å². The van der Waals surface area contributed by atoms with Crippen LogP contribution in [0, 0.1) is 12.8 Å². The highest BCUT2D eigenvalue weighted by molar-refractivity contribution is 5.91. The summed E-state index contributed by atoms with van der Waals surface area (Å²) >= 11 is 0. The number of amides is 1. The van der Waals surface area contributed by atoms with Crippen molar-refractivity contribution in [1.29, 1.82) is 0 Å². The van der Waals surface area contributed by atoms with Crippen molar-refractivity contribution in [2.45, 2.75) is 33.1 Å². The van der Waals surface area contributed by atoms with Gasteiger partial charge in [-0.3, -0.25) is 4.79 Å².